The van der Waals surface area contributed by atoms with Gasteiger partial charge in [0, 0.05) is 36.6 Å². The molecule has 0 unspecified atom stereocenters. The molecule has 1 N–H and O–H groups in total. The van der Waals surface area contributed by atoms with Crippen molar-refractivity contribution in [2.75, 3.05) is 0 Å². The fraction of sp³-hybridized carbons (Fsp3) is 0.231. The van der Waals surface area contributed by atoms with Crippen molar-refractivity contribution in [3.63, 3.8) is 0 Å². The Morgan fingerprint density at radius 2 is 2.17 bits per heavy atom. The Hall–Kier alpha value is -1.72. The average molecular weight is 258 g/mol. The van der Waals surface area contributed by atoms with E-state index < -0.39 is 0 Å². The van der Waals surface area contributed by atoms with E-state index >= 15 is 0 Å². The zero-order chi connectivity index (χ0) is 12.4. The minimum absolute atomic E-state index is 0.777. The summed E-state index contributed by atoms with van der Waals surface area (Å²) in [6, 6.07) is 8.30. The Bertz CT molecular complexity index is 642. The maximum absolute atomic E-state index is 4.55. The van der Waals surface area contributed by atoms with Crippen LogP contribution in [-0.4, -0.2) is 14.8 Å². The molecule has 0 aliphatic rings. The van der Waals surface area contributed by atoms with Crippen LogP contribution < -0.4 is 5.32 Å². The van der Waals surface area contributed by atoms with E-state index in [2.05, 4.69) is 33.6 Å². The lowest BCUT2D eigenvalue weighted by molar-refractivity contribution is 0.666. The molecule has 4 nitrogen and oxygen atoms in total. The number of thiazole rings is 1. The molecule has 0 fully saturated rings. The number of aryl methyl sites for hydroxylation is 1. The van der Waals surface area contributed by atoms with Crippen LogP contribution in [0.1, 0.15) is 10.6 Å². The molecule has 3 aromatic rings. The number of nitrogens with zero attached hydrogens (tertiary/aromatic N) is 3. The Kier molecular flexibility index (Phi) is 3.08. The molecule has 0 bridgehead atoms. The summed E-state index contributed by atoms with van der Waals surface area (Å²) in [5.74, 6) is 0. The van der Waals surface area contributed by atoms with Crippen LogP contribution in [0.3, 0.4) is 0 Å². The molecule has 0 spiro atoms. The molecule has 18 heavy (non-hydrogen) atoms. The summed E-state index contributed by atoms with van der Waals surface area (Å²) < 4.78 is 1.93. The molecule has 3 rings (SSSR count). The highest BCUT2D eigenvalue weighted by atomic mass is 32.1. The van der Waals surface area contributed by atoms with Crippen molar-refractivity contribution >= 4 is 22.2 Å². The van der Waals surface area contributed by atoms with Gasteiger partial charge >= 0.3 is 0 Å². The van der Waals surface area contributed by atoms with Crippen molar-refractivity contribution in [2.24, 2.45) is 7.05 Å². The predicted molar refractivity (Wildman–Crippen MR) is 73.4 cm³/mol. The number of rotatable bonds is 4. The number of aromatic nitrogens is 3. The Morgan fingerprint density at radius 3 is 3.00 bits per heavy atom. The van der Waals surface area contributed by atoms with E-state index in [1.54, 1.807) is 11.3 Å². The quantitative estimate of drug-likeness (QED) is 0.781. The van der Waals surface area contributed by atoms with Gasteiger partial charge in [-0.2, -0.15) is 5.10 Å². The lowest BCUT2D eigenvalue weighted by Gasteiger charge is -2.00. The number of hydrogen-bond acceptors (Lipinski definition) is 4. The number of fused-ring (bicyclic) bond motifs is 1. The van der Waals surface area contributed by atoms with E-state index in [1.807, 2.05) is 29.5 Å². The van der Waals surface area contributed by atoms with Crippen molar-refractivity contribution < 1.29 is 0 Å². The van der Waals surface area contributed by atoms with E-state index in [-0.39, 0.29) is 0 Å². The Morgan fingerprint density at radius 1 is 1.28 bits per heavy atom. The van der Waals surface area contributed by atoms with Gasteiger partial charge in [0.05, 0.1) is 16.7 Å². The highest BCUT2D eigenvalue weighted by molar-refractivity contribution is 7.09. The van der Waals surface area contributed by atoms with E-state index in [9.17, 15) is 0 Å². The standard InChI is InChI=1S/C13H14N4S/c1-17-13-5-3-2-4-11(13)12(16-17)8-14-6-10-7-15-9-18-10/h2-5,7,9,14H,6,8H2,1H3. The second-order valence-corrected chi connectivity index (χ2v) is 5.13. The molecule has 5 heteroatoms. The van der Waals surface area contributed by atoms with Gasteiger partial charge in [0.15, 0.2) is 0 Å². The smallest absolute Gasteiger partial charge is 0.0841 e. The second kappa shape index (κ2) is 4.88. The van der Waals surface area contributed by atoms with Crippen LogP contribution in [0, 0.1) is 0 Å². The molecule has 2 heterocycles. The lowest BCUT2D eigenvalue weighted by Crippen LogP contribution is -2.12. The third kappa shape index (κ3) is 2.14. The first kappa shape index (κ1) is 11.4. The number of nitrogens with one attached hydrogen (secondary N) is 1. The van der Waals surface area contributed by atoms with Crippen molar-refractivity contribution in [1.29, 1.82) is 0 Å². The number of benzene rings is 1. The van der Waals surface area contributed by atoms with Crippen molar-refractivity contribution in [3.8, 4) is 0 Å². The molecule has 0 saturated carbocycles. The highest BCUT2D eigenvalue weighted by Crippen LogP contribution is 2.17. The number of para-hydroxylation sites is 1. The molecule has 1 aromatic carbocycles. The summed E-state index contributed by atoms with van der Waals surface area (Å²) >= 11 is 1.67. The van der Waals surface area contributed by atoms with E-state index in [0.29, 0.717) is 0 Å². The first-order valence-electron chi connectivity index (χ1n) is 5.83. The molecular weight excluding hydrogens is 244 g/mol. The molecule has 0 atom stereocenters. The van der Waals surface area contributed by atoms with Gasteiger partial charge in [0.25, 0.3) is 0 Å². The predicted octanol–water partition coefficient (Wildman–Crippen LogP) is 2.32. The van der Waals surface area contributed by atoms with Gasteiger partial charge in [-0.05, 0) is 6.07 Å². The van der Waals surface area contributed by atoms with Crippen LogP contribution in [0.25, 0.3) is 10.9 Å². The van der Waals surface area contributed by atoms with E-state index in [4.69, 9.17) is 0 Å². The van der Waals surface area contributed by atoms with Crippen LogP contribution in [-0.2, 0) is 20.1 Å². The fourth-order valence-corrected chi connectivity index (χ4v) is 2.62. The average Bonchev–Trinajstić information content (AvgIpc) is 3.00. The minimum Gasteiger partial charge on any atom is -0.306 e. The van der Waals surface area contributed by atoms with E-state index in [1.165, 1.54) is 15.8 Å². The van der Waals surface area contributed by atoms with Gasteiger partial charge < -0.3 is 5.32 Å². The normalized spacial score (nSPS) is 11.2. The first-order valence-corrected chi connectivity index (χ1v) is 6.71. The summed E-state index contributed by atoms with van der Waals surface area (Å²) in [6.07, 6.45) is 1.90. The molecule has 0 saturated heterocycles. The minimum atomic E-state index is 0.777. The highest BCUT2D eigenvalue weighted by Gasteiger charge is 2.07. The maximum Gasteiger partial charge on any atom is 0.0841 e. The van der Waals surface area contributed by atoms with Crippen molar-refractivity contribution in [1.82, 2.24) is 20.1 Å². The number of hydrogen-bond donors (Lipinski definition) is 1. The second-order valence-electron chi connectivity index (χ2n) is 4.16. The summed E-state index contributed by atoms with van der Waals surface area (Å²) in [7, 11) is 1.98. The molecule has 0 amide bonds. The van der Waals surface area contributed by atoms with Crippen LogP contribution >= 0.6 is 11.3 Å². The largest absolute Gasteiger partial charge is 0.306 e. The molecule has 0 aliphatic heterocycles. The summed E-state index contributed by atoms with van der Waals surface area (Å²) in [6.45, 7) is 1.62. The zero-order valence-electron chi connectivity index (χ0n) is 10.1. The van der Waals surface area contributed by atoms with Gasteiger partial charge in [0.1, 0.15) is 0 Å². The van der Waals surface area contributed by atoms with Crippen molar-refractivity contribution in [3.05, 3.63) is 46.5 Å². The Balaban J connectivity index is 1.75. The fourth-order valence-electron chi connectivity index (χ4n) is 2.05. The van der Waals surface area contributed by atoms with Crippen LogP contribution in [0.2, 0.25) is 0 Å². The zero-order valence-corrected chi connectivity index (χ0v) is 10.9. The molecule has 2 aromatic heterocycles. The maximum atomic E-state index is 4.55. The summed E-state index contributed by atoms with van der Waals surface area (Å²) in [5, 5.41) is 9.17. The van der Waals surface area contributed by atoms with Crippen molar-refractivity contribution in [2.45, 2.75) is 13.1 Å². The van der Waals surface area contributed by atoms with Gasteiger partial charge in [-0.15, -0.1) is 11.3 Å². The van der Waals surface area contributed by atoms with Crippen LogP contribution in [0.15, 0.2) is 36.0 Å². The van der Waals surface area contributed by atoms with E-state index in [0.717, 1.165) is 18.8 Å². The monoisotopic (exact) mass is 258 g/mol. The third-order valence-corrected chi connectivity index (χ3v) is 3.69. The lowest BCUT2D eigenvalue weighted by atomic mass is 10.2. The molecule has 92 valence electrons. The Labute approximate surface area is 109 Å². The molecule has 0 radical (unpaired) electrons. The SMILES string of the molecule is Cn1nc(CNCc2cncs2)c2ccccc21. The van der Waals surface area contributed by atoms with Gasteiger partial charge in [-0.1, -0.05) is 18.2 Å². The summed E-state index contributed by atoms with van der Waals surface area (Å²) in [4.78, 5) is 5.31. The first-order chi connectivity index (χ1) is 8.84. The topological polar surface area (TPSA) is 42.7 Å². The molecule has 0 aliphatic carbocycles. The van der Waals surface area contributed by atoms with Gasteiger partial charge in [0.2, 0.25) is 0 Å². The third-order valence-electron chi connectivity index (χ3n) is 2.91. The molecular formula is C13H14N4S. The van der Waals surface area contributed by atoms with Gasteiger partial charge in [-0.25, -0.2) is 0 Å². The van der Waals surface area contributed by atoms with Gasteiger partial charge in [-0.3, -0.25) is 9.67 Å². The summed E-state index contributed by atoms with van der Waals surface area (Å²) in [5.41, 5.74) is 4.12. The van der Waals surface area contributed by atoms with Crippen LogP contribution in [0.5, 0.6) is 0 Å². The van der Waals surface area contributed by atoms with Crippen LogP contribution in [0.4, 0.5) is 0 Å².